The van der Waals surface area contributed by atoms with Crippen molar-refractivity contribution in [2.24, 2.45) is 23.2 Å². The number of allylic oxidation sites excluding steroid dienone is 4. The van der Waals surface area contributed by atoms with Crippen molar-refractivity contribution in [3.63, 3.8) is 0 Å². The number of carbonyl (C=O) groups is 1. The molecule has 0 aromatic rings. The van der Waals surface area contributed by atoms with Crippen molar-refractivity contribution in [3.8, 4) is 0 Å². The van der Waals surface area contributed by atoms with E-state index >= 15 is 0 Å². The summed E-state index contributed by atoms with van der Waals surface area (Å²) in [6.45, 7) is 10.8. The summed E-state index contributed by atoms with van der Waals surface area (Å²) in [4.78, 5) is 12.8. The van der Waals surface area contributed by atoms with Gasteiger partial charge in [0.25, 0.3) is 0 Å². The Hall–Kier alpha value is -1.39. The van der Waals surface area contributed by atoms with E-state index in [1.54, 1.807) is 6.92 Å². The lowest BCUT2D eigenvalue weighted by atomic mass is 9.60. The molecule has 6 bridgehead atoms. The Bertz CT molecular complexity index is 821. The second-order valence-electron chi connectivity index (χ2n) is 11.8. The van der Waals surface area contributed by atoms with Crippen LogP contribution in [0.25, 0.3) is 0 Å². The first kappa shape index (κ1) is 23.8. The van der Waals surface area contributed by atoms with Crippen LogP contribution in [0.3, 0.4) is 0 Å². The molecule has 1 aliphatic heterocycles. The zero-order valence-corrected chi connectivity index (χ0v) is 20.3. The van der Waals surface area contributed by atoms with Crippen molar-refractivity contribution < 1.29 is 19.7 Å². The van der Waals surface area contributed by atoms with Crippen LogP contribution in [0.15, 0.2) is 35.5 Å². The minimum absolute atomic E-state index is 0.0736. The molecule has 4 heteroatoms. The minimum Gasteiger partial charge on any atom is -0.461 e. The molecule has 4 rings (SSSR count). The Balaban J connectivity index is 1.68. The van der Waals surface area contributed by atoms with Crippen LogP contribution in [0.1, 0.15) is 91.4 Å². The van der Waals surface area contributed by atoms with E-state index in [2.05, 4.69) is 32.6 Å². The molecular weight excluding hydrogens is 400 g/mol. The number of rotatable bonds is 0. The number of cyclic esters (lactones) is 1. The molecule has 0 aromatic carbocycles. The number of ether oxygens (including phenoxy) is 1. The van der Waals surface area contributed by atoms with Crippen LogP contribution in [0.5, 0.6) is 0 Å². The average molecular weight is 443 g/mol. The molecule has 2 N–H and O–H groups in total. The Morgan fingerprint density at radius 3 is 2.59 bits per heavy atom. The van der Waals surface area contributed by atoms with Crippen molar-refractivity contribution in [3.05, 3.63) is 35.5 Å². The summed E-state index contributed by atoms with van der Waals surface area (Å²) in [7, 11) is 0. The molecule has 6 atom stereocenters. The van der Waals surface area contributed by atoms with Crippen LogP contribution in [-0.2, 0) is 9.53 Å². The highest BCUT2D eigenvalue weighted by atomic mass is 16.6. The monoisotopic (exact) mass is 442 g/mol. The van der Waals surface area contributed by atoms with E-state index in [1.807, 2.05) is 0 Å². The number of hydrogen-bond acceptors (Lipinski definition) is 4. The third-order valence-electron chi connectivity index (χ3n) is 9.27. The first-order valence-corrected chi connectivity index (χ1v) is 12.7. The average Bonchev–Trinajstić information content (AvgIpc) is 3.09. The first-order chi connectivity index (χ1) is 15.0. The summed E-state index contributed by atoms with van der Waals surface area (Å²) in [5.74, 6) is 1.35. The Morgan fingerprint density at radius 1 is 1.03 bits per heavy atom. The lowest BCUT2D eigenvalue weighted by Gasteiger charge is -2.44. The van der Waals surface area contributed by atoms with Gasteiger partial charge in [-0.15, -0.1) is 0 Å². The van der Waals surface area contributed by atoms with E-state index in [0.717, 1.165) is 36.3 Å². The molecule has 4 nitrogen and oxygen atoms in total. The molecule has 3 fully saturated rings. The van der Waals surface area contributed by atoms with Gasteiger partial charge in [0.2, 0.25) is 0 Å². The molecule has 32 heavy (non-hydrogen) atoms. The Labute approximate surface area is 193 Å². The van der Waals surface area contributed by atoms with Crippen molar-refractivity contribution in [2.45, 2.75) is 103 Å². The molecule has 0 aromatic heterocycles. The van der Waals surface area contributed by atoms with E-state index in [9.17, 15) is 15.0 Å². The summed E-state index contributed by atoms with van der Waals surface area (Å²) >= 11 is 0. The number of esters is 1. The number of fused-ring (bicyclic) bond motifs is 2. The zero-order chi connectivity index (χ0) is 23.1. The fourth-order valence-corrected chi connectivity index (χ4v) is 7.25. The van der Waals surface area contributed by atoms with Gasteiger partial charge in [-0.1, -0.05) is 56.6 Å². The highest BCUT2D eigenvalue weighted by Crippen LogP contribution is 2.60. The lowest BCUT2D eigenvalue weighted by molar-refractivity contribution is -0.173. The second-order valence-corrected chi connectivity index (χ2v) is 11.8. The Kier molecular flexibility index (Phi) is 6.50. The van der Waals surface area contributed by atoms with Gasteiger partial charge in [0, 0.05) is 6.42 Å². The molecule has 3 aliphatic carbocycles. The smallest absolute Gasteiger partial charge is 0.338 e. The molecule has 0 radical (unpaired) electrons. The fraction of sp³-hybridized carbons (Fsp3) is 0.750. The molecular formula is C28H42O4. The summed E-state index contributed by atoms with van der Waals surface area (Å²) in [6, 6.07) is 0. The van der Waals surface area contributed by atoms with E-state index in [-0.39, 0.29) is 13.0 Å². The van der Waals surface area contributed by atoms with Gasteiger partial charge in [0.05, 0.1) is 5.60 Å². The standard InChI is InChI=1S/C28H42O4/c1-19-13-16-28(31)17-22(19)10-9-21-8-6-15-27(4)23(11-12-24(21)27)20(2)7-5-14-26(3,30)18-32-25(28)29/h9-10,20,23-24,30-31H,1,5-8,11-18H2,2-4H3/b21-9?,22-10-/t20-,23-,24?,26-,27-,28+/m1/s1. The maximum absolute atomic E-state index is 12.8. The van der Waals surface area contributed by atoms with Gasteiger partial charge in [-0.3, -0.25) is 0 Å². The van der Waals surface area contributed by atoms with Gasteiger partial charge in [-0.25, -0.2) is 4.79 Å². The minimum atomic E-state index is -1.54. The van der Waals surface area contributed by atoms with Crippen LogP contribution in [0.4, 0.5) is 0 Å². The summed E-state index contributed by atoms with van der Waals surface area (Å²) < 4.78 is 5.46. The van der Waals surface area contributed by atoms with Gasteiger partial charge in [-0.2, -0.15) is 0 Å². The van der Waals surface area contributed by atoms with Gasteiger partial charge < -0.3 is 14.9 Å². The Morgan fingerprint density at radius 2 is 1.81 bits per heavy atom. The summed E-state index contributed by atoms with van der Waals surface area (Å²) in [5, 5.41) is 21.9. The van der Waals surface area contributed by atoms with Gasteiger partial charge in [0.1, 0.15) is 6.61 Å². The quantitative estimate of drug-likeness (QED) is 0.476. The van der Waals surface area contributed by atoms with Crippen LogP contribution < -0.4 is 0 Å². The van der Waals surface area contributed by atoms with Crippen molar-refractivity contribution >= 4 is 5.97 Å². The molecule has 4 aliphatic rings. The van der Waals surface area contributed by atoms with E-state index in [1.165, 1.54) is 31.3 Å². The van der Waals surface area contributed by atoms with Gasteiger partial charge >= 0.3 is 5.97 Å². The largest absolute Gasteiger partial charge is 0.461 e. The SMILES string of the molecule is C=C1CC[C@]2(O)C/C1=C/C=C1CCC[C@@]3(C)C1CC[C@@H]3[C@H](C)CCC[C@@](C)(O)COC2=O. The third-order valence-corrected chi connectivity index (χ3v) is 9.27. The maximum Gasteiger partial charge on any atom is 0.338 e. The number of hydrogen-bond donors (Lipinski definition) is 2. The van der Waals surface area contributed by atoms with E-state index < -0.39 is 17.2 Å². The molecule has 178 valence electrons. The van der Waals surface area contributed by atoms with Gasteiger partial charge in [0.15, 0.2) is 5.60 Å². The molecule has 0 saturated heterocycles. The third kappa shape index (κ3) is 4.50. The molecule has 3 saturated carbocycles. The van der Waals surface area contributed by atoms with Crippen molar-refractivity contribution in [2.75, 3.05) is 6.61 Å². The number of aliphatic hydroxyl groups is 2. The van der Waals surface area contributed by atoms with Gasteiger partial charge in [-0.05, 0) is 87.0 Å². The number of carbonyl (C=O) groups excluding carboxylic acids is 1. The summed E-state index contributed by atoms with van der Waals surface area (Å²) in [6.07, 6.45) is 14.4. The normalized spacial score (nSPS) is 45.3. The molecule has 1 unspecified atom stereocenters. The van der Waals surface area contributed by atoms with Crippen LogP contribution in [-0.4, -0.2) is 34.0 Å². The zero-order valence-electron chi connectivity index (χ0n) is 20.3. The lowest BCUT2D eigenvalue weighted by Crippen LogP contribution is -2.45. The summed E-state index contributed by atoms with van der Waals surface area (Å²) in [5.41, 5.74) is 1.23. The highest BCUT2D eigenvalue weighted by Gasteiger charge is 2.50. The molecule has 0 amide bonds. The van der Waals surface area contributed by atoms with Crippen LogP contribution in [0.2, 0.25) is 0 Å². The van der Waals surface area contributed by atoms with Crippen LogP contribution in [0, 0.1) is 23.2 Å². The van der Waals surface area contributed by atoms with E-state index in [0.29, 0.717) is 36.5 Å². The first-order valence-electron chi connectivity index (χ1n) is 12.7. The predicted octanol–water partition coefficient (Wildman–Crippen LogP) is 5.64. The van der Waals surface area contributed by atoms with Crippen molar-refractivity contribution in [1.29, 1.82) is 0 Å². The molecule has 1 heterocycles. The van der Waals surface area contributed by atoms with Crippen LogP contribution >= 0.6 is 0 Å². The predicted molar refractivity (Wildman–Crippen MR) is 127 cm³/mol. The molecule has 0 spiro atoms. The van der Waals surface area contributed by atoms with Crippen molar-refractivity contribution in [1.82, 2.24) is 0 Å². The second kappa shape index (κ2) is 8.76. The maximum atomic E-state index is 12.8. The highest BCUT2D eigenvalue weighted by molar-refractivity contribution is 5.80. The topological polar surface area (TPSA) is 66.8 Å². The fourth-order valence-electron chi connectivity index (χ4n) is 7.25. The van der Waals surface area contributed by atoms with E-state index in [4.69, 9.17) is 4.74 Å².